The topological polar surface area (TPSA) is 84.9 Å². The van der Waals surface area contributed by atoms with E-state index < -0.39 is 10.0 Å². The van der Waals surface area contributed by atoms with Crippen LogP contribution in [0.25, 0.3) is 0 Å². The van der Waals surface area contributed by atoms with Gasteiger partial charge in [-0.15, -0.1) is 0 Å². The molecule has 1 N–H and O–H groups in total. The lowest BCUT2D eigenvalue weighted by Crippen LogP contribution is -2.43. The second kappa shape index (κ2) is 6.02. The van der Waals surface area contributed by atoms with Crippen molar-refractivity contribution in [1.82, 2.24) is 4.72 Å². The van der Waals surface area contributed by atoms with Crippen LogP contribution >= 0.6 is 0 Å². The molecule has 0 aliphatic carbocycles. The van der Waals surface area contributed by atoms with Crippen LogP contribution in [0.1, 0.15) is 24.8 Å². The van der Waals surface area contributed by atoms with Gasteiger partial charge in [-0.3, -0.25) is 4.79 Å². The van der Waals surface area contributed by atoms with Crippen molar-refractivity contribution in [3.8, 4) is 5.75 Å². The maximum absolute atomic E-state index is 12.8. The highest BCUT2D eigenvalue weighted by Crippen LogP contribution is 2.42. The minimum atomic E-state index is -3.65. The van der Waals surface area contributed by atoms with Crippen molar-refractivity contribution < 1.29 is 22.7 Å². The number of carbonyl (C=O) groups is 1. The highest BCUT2D eigenvalue weighted by atomic mass is 32.2. The van der Waals surface area contributed by atoms with Gasteiger partial charge in [0.1, 0.15) is 5.75 Å². The average Bonchev–Trinajstić information content (AvgIpc) is 3.10. The van der Waals surface area contributed by atoms with E-state index in [1.807, 2.05) is 0 Å². The zero-order valence-corrected chi connectivity index (χ0v) is 14.1. The third kappa shape index (κ3) is 2.68. The Balaban J connectivity index is 1.67. The van der Waals surface area contributed by atoms with Crippen molar-refractivity contribution in [2.75, 3.05) is 31.2 Å². The van der Waals surface area contributed by atoms with E-state index in [4.69, 9.17) is 9.47 Å². The Hall–Kier alpha value is -1.64. The molecule has 0 aromatic heterocycles. The summed E-state index contributed by atoms with van der Waals surface area (Å²) < 4.78 is 39.1. The summed E-state index contributed by atoms with van der Waals surface area (Å²) in [7, 11) is -3.65. The van der Waals surface area contributed by atoms with Gasteiger partial charge < -0.3 is 14.4 Å². The molecule has 130 valence electrons. The van der Waals surface area contributed by atoms with Gasteiger partial charge in [-0.05, 0) is 43.4 Å². The van der Waals surface area contributed by atoms with Gasteiger partial charge in [0.2, 0.25) is 10.0 Å². The van der Waals surface area contributed by atoms with Crippen LogP contribution in [-0.2, 0) is 26.0 Å². The first kappa shape index (κ1) is 15.9. The Morgan fingerprint density at radius 2 is 2.17 bits per heavy atom. The van der Waals surface area contributed by atoms with Crippen LogP contribution in [0.3, 0.4) is 0 Å². The molecule has 8 heteroatoms. The average molecular weight is 352 g/mol. The molecule has 0 radical (unpaired) electrons. The standard InChI is InChI=1S/C16H20N2O5S/c19-15-10-23-13-5-6-14(12-4-1-7-18(15)16(12)13)24(20,21)17-9-11-3-2-8-22-11/h5-6,11,17H,1-4,7-10H2/t11-/m1/s1. The van der Waals surface area contributed by atoms with Gasteiger partial charge in [0.25, 0.3) is 5.91 Å². The van der Waals surface area contributed by atoms with E-state index in [2.05, 4.69) is 4.72 Å². The molecule has 1 saturated heterocycles. The summed E-state index contributed by atoms with van der Waals surface area (Å²) in [6.45, 7) is 1.58. The molecular formula is C16H20N2O5S. The number of sulfonamides is 1. The number of ether oxygens (including phenoxy) is 2. The highest BCUT2D eigenvalue weighted by molar-refractivity contribution is 7.89. The predicted molar refractivity (Wildman–Crippen MR) is 86.8 cm³/mol. The molecular weight excluding hydrogens is 332 g/mol. The zero-order chi connectivity index (χ0) is 16.7. The summed E-state index contributed by atoms with van der Waals surface area (Å²) in [6.07, 6.45) is 3.14. The molecule has 0 saturated carbocycles. The maximum atomic E-state index is 12.8. The van der Waals surface area contributed by atoms with Crippen molar-refractivity contribution in [3.63, 3.8) is 0 Å². The third-order valence-corrected chi connectivity index (χ3v) is 6.26. The SMILES string of the molecule is O=C1COc2ccc(S(=O)(=O)NC[C@H]3CCCO3)c3c2N1CCC3. The Bertz CT molecular complexity index is 771. The van der Waals surface area contributed by atoms with Gasteiger partial charge in [-0.1, -0.05) is 0 Å². The number of rotatable bonds is 4. The highest BCUT2D eigenvalue weighted by Gasteiger charge is 2.34. The lowest BCUT2D eigenvalue weighted by molar-refractivity contribution is -0.121. The van der Waals surface area contributed by atoms with Crippen molar-refractivity contribution in [2.24, 2.45) is 0 Å². The third-order valence-electron chi connectivity index (χ3n) is 4.75. The number of carbonyl (C=O) groups excluding carboxylic acids is 1. The van der Waals surface area contributed by atoms with Gasteiger partial charge in [0.05, 0.1) is 16.7 Å². The molecule has 4 rings (SSSR count). The van der Waals surface area contributed by atoms with Crippen molar-refractivity contribution in [1.29, 1.82) is 0 Å². The van der Waals surface area contributed by atoms with Crippen molar-refractivity contribution in [3.05, 3.63) is 17.7 Å². The summed E-state index contributed by atoms with van der Waals surface area (Å²) in [5.74, 6) is 0.465. The fourth-order valence-electron chi connectivity index (χ4n) is 3.58. The lowest BCUT2D eigenvalue weighted by atomic mass is 10.00. The van der Waals surface area contributed by atoms with E-state index in [0.29, 0.717) is 36.6 Å². The van der Waals surface area contributed by atoms with Crippen LogP contribution in [-0.4, -0.2) is 46.7 Å². The van der Waals surface area contributed by atoms with E-state index in [9.17, 15) is 13.2 Å². The summed E-state index contributed by atoms with van der Waals surface area (Å²) in [4.78, 5) is 13.9. The Morgan fingerprint density at radius 3 is 2.96 bits per heavy atom. The van der Waals surface area contributed by atoms with Gasteiger partial charge in [0.15, 0.2) is 6.61 Å². The monoisotopic (exact) mass is 352 g/mol. The largest absolute Gasteiger partial charge is 0.482 e. The molecule has 0 unspecified atom stereocenters. The summed E-state index contributed by atoms with van der Waals surface area (Å²) >= 11 is 0. The van der Waals surface area contributed by atoms with E-state index >= 15 is 0 Å². The fraction of sp³-hybridized carbons (Fsp3) is 0.562. The van der Waals surface area contributed by atoms with Crippen LogP contribution in [0, 0.1) is 0 Å². The van der Waals surface area contributed by atoms with Crippen LogP contribution in [0.15, 0.2) is 17.0 Å². The summed E-state index contributed by atoms with van der Waals surface area (Å²) in [6, 6.07) is 3.22. The first-order valence-corrected chi connectivity index (χ1v) is 9.75. The van der Waals surface area contributed by atoms with Crippen LogP contribution in [0.2, 0.25) is 0 Å². The molecule has 7 nitrogen and oxygen atoms in total. The van der Waals surface area contributed by atoms with Crippen molar-refractivity contribution in [2.45, 2.75) is 36.7 Å². The number of hydrogen-bond donors (Lipinski definition) is 1. The predicted octanol–water partition coefficient (Wildman–Crippen LogP) is 0.815. The molecule has 1 aromatic rings. The molecule has 1 amide bonds. The van der Waals surface area contributed by atoms with Crippen LogP contribution < -0.4 is 14.4 Å². The van der Waals surface area contributed by atoms with Crippen LogP contribution in [0.4, 0.5) is 5.69 Å². The summed E-state index contributed by atoms with van der Waals surface area (Å²) in [5.41, 5.74) is 1.30. The molecule has 0 bridgehead atoms. The molecule has 3 aliphatic rings. The maximum Gasteiger partial charge on any atom is 0.265 e. The molecule has 3 heterocycles. The molecule has 3 aliphatic heterocycles. The Kier molecular flexibility index (Phi) is 3.98. The molecule has 1 fully saturated rings. The van der Waals surface area contributed by atoms with E-state index in [1.165, 1.54) is 0 Å². The summed E-state index contributed by atoms with van der Waals surface area (Å²) in [5, 5.41) is 0. The second-order valence-electron chi connectivity index (χ2n) is 6.31. The minimum Gasteiger partial charge on any atom is -0.482 e. The quantitative estimate of drug-likeness (QED) is 0.867. The van der Waals surface area contributed by atoms with E-state index in [-0.39, 0.29) is 30.1 Å². The minimum absolute atomic E-state index is 0.00973. The molecule has 24 heavy (non-hydrogen) atoms. The van der Waals surface area contributed by atoms with Gasteiger partial charge in [0, 0.05) is 19.7 Å². The molecule has 1 aromatic carbocycles. The zero-order valence-electron chi connectivity index (χ0n) is 13.3. The Labute approximate surface area is 141 Å². The number of nitrogens with one attached hydrogen (secondary N) is 1. The van der Waals surface area contributed by atoms with Gasteiger partial charge >= 0.3 is 0 Å². The fourth-order valence-corrected chi connectivity index (χ4v) is 4.91. The van der Waals surface area contributed by atoms with E-state index in [1.54, 1.807) is 17.0 Å². The number of amides is 1. The van der Waals surface area contributed by atoms with Gasteiger partial charge in [-0.2, -0.15) is 0 Å². The van der Waals surface area contributed by atoms with E-state index in [0.717, 1.165) is 19.3 Å². The normalized spacial score (nSPS) is 23.1. The molecule has 0 spiro atoms. The number of benzene rings is 1. The number of nitrogens with zero attached hydrogens (tertiary/aromatic N) is 1. The molecule has 1 atom stereocenters. The van der Waals surface area contributed by atoms with Crippen LogP contribution in [0.5, 0.6) is 5.75 Å². The van der Waals surface area contributed by atoms with Gasteiger partial charge in [-0.25, -0.2) is 13.1 Å². The Morgan fingerprint density at radius 1 is 1.29 bits per heavy atom. The van der Waals surface area contributed by atoms with Crippen molar-refractivity contribution >= 4 is 21.6 Å². The first-order chi connectivity index (χ1) is 11.6. The number of hydrogen-bond acceptors (Lipinski definition) is 5. The smallest absolute Gasteiger partial charge is 0.265 e. The number of anilines is 1. The second-order valence-corrected chi connectivity index (χ2v) is 8.05. The lowest BCUT2D eigenvalue weighted by Gasteiger charge is -2.35. The first-order valence-electron chi connectivity index (χ1n) is 8.26.